The van der Waals surface area contributed by atoms with E-state index in [0.717, 1.165) is 5.92 Å². The molecule has 0 fully saturated rings. The Balaban J connectivity index is 2.59. The zero-order valence-electron chi connectivity index (χ0n) is 8.70. The van der Waals surface area contributed by atoms with E-state index in [4.69, 9.17) is 0 Å². The summed E-state index contributed by atoms with van der Waals surface area (Å²) in [6.45, 7) is 6.75. The first-order valence-corrected chi connectivity index (χ1v) is 4.93. The SMILES string of the molecule is CC(C)C(C)C=Cc1ccccc1. The normalized spacial score (nSPS) is 13.8. The Morgan fingerprint density at radius 1 is 1.00 bits per heavy atom. The predicted octanol–water partition coefficient (Wildman–Crippen LogP) is 3.99. The summed E-state index contributed by atoms with van der Waals surface area (Å²) >= 11 is 0. The lowest BCUT2D eigenvalue weighted by Crippen LogP contribution is -1.98. The van der Waals surface area contributed by atoms with Gasteiger partial charge in [0.1, 0.15) is 0 Å². The molecule has 0 radical (unpaired) electrons. The summed E-state index contributed by atoms with van der Waals surface area (Å²) in [6, 6.07) is 10.4. The molecule has 0 saturated carbocycles. The van der Waals surface area contributed by atoms with Crippen molar-refractivity contribution in [3.8, 4) is 0 Å². The Labute approximate surface area is 81.3 Å². The van der Waals surface area contributed by atoms with E-state index in [1.54, 1.807) is 0 Å². The molecule has 0 saturated heterocycles. The minimum Gasteiger partial charge on any atom is -0.0808 e. The molecular formula is C13H18. The molecular weight excluding hydrogens is 156 g/mol. The first-order chi connectivity index (χ1) is 6.20. The Kier molecular flexibility index (Phi) is 3.75. The molecule has 1 unspecified atom stereocenters. The largest absolute Gasteiger partial charge is 0.0808 e. The van der Waals surface area contributed by atoms with Crippen LogP contribution in [0.1, 0.15) is 26.3 Å². The fraction of sp³-hybridized carbons (Fsp3) is 0.385. The van der Waals surface area contributed by atoms with Gasteiger partial charge in [-0.25, -0.2) is 0 Å². The topological polar surface area (TPSA) is 0 Å². The van der Waals surface area contributed by atoms with E-state index in [-0.39, 0.29) is 0 Å². The van der Waals surface area contributed by atoms with Gasteiger partial charge in [-0.15, -0.1) is 0 Å². The van der Waals surface area contributed by atoms with Crippen LogP contribution in [0.4, 0.5) is 0 Å². The molecule has 0 spiro atoms. The van der Waals surface area contributed by atoms with Gasteiger partial charge < -0.3 is 0 Å². The van der Waals surface area contributed by atoms with E-state index in [2.05, 4.69) is 57.2 Å². The maximum atomic E-state index is 2.28. The number of allylic oxidation sites excluding steroid dienone is 1. The van der Waals surface area contributed by atoms with Crippen LogP contribution < -0.4 is 0 Å². The molecule has 0 nitrogen and oxygen atoms in total. The second kappa shape index (κ2) is 4.86. The van der Waals surface area contributed by atoms with Crippen molar-refractivity contribution >= 4 is 6.08 Å². The van der Waals surface area contributed by atoms with Crippen molar-refractivity contribution in [2.24, 2.45) is 11.8 Å². The fourth-order valence-corrected chi connectivity index (χ4v) is 1.05. The molecule has 0 amide bonds. The highest BCUT2D eigenvalue weighted by atomic mass is 14.1. The van der Waals surface area contributed by atoms with Crippen LogP contribution in [0.25, 0.3) is 6.08 Å². The lowest BCUT2D eigenvalue weighted by molar-refractivity contribution is 0.506. The highest BCUT2D eigenvalue weighted by molar-refractivity contribution is 5.48. The Morgan fingerprint density at radius 3 is 2.15 bits per heavy atom. The first-order valence-electron chi connectivity index (χ1n) is 4.93. The third-order valence-corrected chi connectivity index (χ3v) is 2.44. The standard InChI is InChI=1S/C13H18/c1-11(2)12(3)9-10-13-7-5-4-6-8-13/h4-12H,1-3H3. The number of hydrogen-bond donors (Lipinski definition) is 0. The van der Waals surface area contributed by atoms with Gasteiger partial charge >= 0.3 is 0 Å². The predicted molar refractivity (Wildman–Crippen MR) is 59.5 cm³/mol. The van der Waals surface area contributed by atoms with E-state index >= 15 is 0 Å². The minimum atomic E-state index is 0.653. The van der Waals surface area contributed by atoms with Gasteiger partial charge in [0, 0.05) is 0 Å². The van der Waals surface area contributed by atoms with Crippen LogP contribution in [-0.2, 0) is 0 Å². The van der Waals surface area contributed by atoms with Crippen LogP contribution >= 0.6 is 0 Å². The van der Waals surface area contributed by atoms with Crippen molar-refractivity contribution in [1.29, 1.82) is 0 Å². The van der Waals surface area contributed by atoms with Crippen LogP contribution in [-0.4, -0.2) is 0 Å². The smallest absolute Gasteiger partial charge is 0.0236 e. The van der Waals surface area contributed by atoms with Crippen molar-refractivity contribution in [3.05, 3.63) is 42.0 Å². The molecule has 0 heterocycles. The molecule has 0 aliphatic heterocycles. The van der Waals surface area contributed by atoms with Crippen molar-refractivity contribution in [2.75, 3.05) is 0 Å². The van der Waals surface area contributed by atoms with Crippen molar-refractivity contribution < 1.29 is 0 Å². The van der Waals surface area contributed by atoms with Gasteiger partial charge in [-0.2, -0.15) is 0 Å². The monoisotopic (exact) mass is 174 g/mol. The van der Waals surface area contributed by atoms with Gasteiger partial charge in [-0.1, -0.05) is 63.3 Å². The van der Waals surface area contributed by atoms with Crippen LogP contribution in [0.5, 0.6) is 0 Å². The highest BCUT2D eigenvalue weighted by Crippen LogP contribution is 2.13. The molecule has 0 bridgehead atoms. The molecule has 0 aromatic heterocycles. The summed E-state index contributed by atoms with van der Waals surface area (Å²) < 4.78 is 0. The average Bonchev–Trinajstić information content (AvgIpc) is 2.15. The van der Waals surface area contributed by atoms with Crippen molar-refractivity contribution in [3.63, 3.8) is 0 Å². The third kappa shape index (κ3) is 3.45. The zero-order valence-corrected chi connectivity index (χ0v) is 8.70. The van der Waals surface area contributed by atoms with Gasteiger partial charge in [-0.05, 0) is 17.4 Å². The van der Waals surface area contributed by atoms with E-state index < -0.39 is 0 Å². The summed E-state index contributed by atoms with van der Waals surface area (Å²) in [5, 5.41) is 0. The Bertz CT molecular complexity index is 257. The van der Waals surface area contributed by atoms with Gasteiger partial charge in [0.15, 0.2) is 0 Å². The van der Waals surface area contributed by atoms with Crippen molar-refractivity contribution in [2.45, 2.75) is 20.8 Å². The molecule has 70 valence electrons. The Hall–Kier alpha value is -1.04. The van der Waals surface area contributed by atoms with Crippen LogP contribution in [0, 0.1) is 11.8 Å². The molecule has 1 atom stereocenters. The third-order valence-electron chi connectivity index (χ3n) is 2.44. The maximum Gasteiger partial charge on any atom is -0.0236 e. The summed E-state index contributed by atoms with van der Waals surface area (Å²) in [6.07, 6.45) is 4.48. The number of rotatable bonds is 3. The maximum absolute atomic E-state index is 2.28. The fourth-order valence-electron chi connectivity index (χ4n) is 1.05. The minimum absolute atomic E-state index is 0.653. The second-order valence-corrected chi connectivity index (χ2v) is 3.87. The molecule has 1 rings (SSSR count). The highest BCUT2D eigenvalue weighted by Gasteiger charge is 2.00. The van der Waals surface area contributed by atoms with Gasteiger partial charge in [0.25, 0.3) is 0 Å². The second-order valence-electron chi connectivity index (χ2n) is 3.87. The summed E-state index contributed by atoms with van der Waals surface area (Å²) in [5.41, 5.74) is 1.29. The van der Waals surface area contributed by atoms with E-state index in [9.17, 15) is 0 Å². The van der Waals surface area contributed by atoms with Crippen molar-refractivity contribution in [1.82, 2.24) is 0 Å². The quantitative estimate of drug-likeness (QED) is 0.650. The molecule has 1 aromatic carbocycles. The summed E-state index contributed by atoms with van der Waals surface area (Å²) in [4.78, 5) is 0. The molecule has 0 heteroatoms. The average molecular weight is 174 g/mol. The van der Waals surface area contributed by atoms with Crippen LogP contribution in [0.3, 0.4) is 0 Å². The summed E-state index contributed by atoms with van der Waals surface area (Å²) in [7, 11) is 0. The van der Waals surface area contributed by atoms with Gasteiger partial charge in [-0.3, -0.25) is 0 Å². The van der Waals surface area contributed by atoms with E-state index in [1.807, 2.05) is 6.07 Å². The van der Waals surface area contributed by atoms with Gasteiger partial charge in [0.05, 0.1) is 0 Å². The zero-order chi connectivity index (χ0) is 9.68. The van der Waals surface area contributed by atoms with E-state index in [1.165, 1.54) is 5.56 Å². The lowest BCUT2D eigenvalue weighted by atomic mass is 9.97. The Morgan fingerprint density at radius 2 is 1.62 bits per heavy atom. The lowest BCUT2D eigenvalue weighted by Gasteiger charge is -2.09. The number of hydrogen-bond acceptors (Lipinski definition) is 0. The molecule has 13 heavy (non-hydrogen) atoms. The molecule has 0 aliphatic rings. The van der Waals surface area contributed by atoms with Crippen LogP contribution in [0.2, 0.25) is 0 Å². The first kappa shape index (κ1) is 10.0. The summed E-state index contributed by atoms with van der Waals surface area (Å²) in [5.74, 6) is 1.38. The molecule has 0 aliphatic carbocycles. The van der Waals surface area contributed by atoms with Crippen LogP contribution in [0.15, 0.2) is 36.4 Å². The molecule has 1 aromatic rings. The molecule has 0 N–H and O–H groups in total. The number of benzene rings is 1. The van der Waals surface area contributed by atoms with E-state index in [0.29, 0.717) is 5.92 Å². The van der Waals surface area contributed by atoms with Gasteiger partial charge in [0.2, 0.25) is 0 Å².